The fourth-order valence-corrected chi connectivity index (χ4v) is 6.56. The first-order valence-electron chi connectivity index (χ1n) is 20.1. The largest absolute Gasteiger partial charge is 0.472 e. The SMILES string of the molecule is CCCCCC1OC1C/C=C\CCCCCCCC(=O)OC[C@H](COP(=O)(O)OC[C@@H](O)CO)OC(=O)CCCCCCCCCCCC(C)C. The van der Waals surface area contributed by atoms with Crippen LogP contribution in [-0.2, 0) is 37.4 Å². The van der Waals surface area contributed by atoms with Gasteiger partial charge in [0.15, 0.2) is 6.10 Å². The molecule has 0 aromatic rings. The molecule has 0 aromatic heterocycles. The number of ether oxygens (including phenoxy) is 3. The molecule has 1 rings (SSSR count). The Balaban J connectivity index is 2.27. The van der Waals surface area contributed by atoms with E-state index in [1.807, 2.05) is 0 Å². The highest BCUT2D eigenvalue weighted by Gasteiger charge is 2.36. The van der Waals surface area contributed by atoms with Crippen molar-refractivity contribution in [2.45, 2.75) is 193 Å². The Morgan fingerprint density at radius 2 is 1.33 bits per heavy atom. The Labute approximate surface area is 309 Å². The minimum absolute atomic E-state index is 0.180. The van der Waals surface area contributed by atoms with Gasteiger partial charge in [-0.25, -0.2) is 4.57 Å². The molecule has 0 amide bonds. The molecule has 11 nitrogen and oxygen atoms in total. The quantitative estimate of drug-likeness (QED) is 0.0184. The molecule has 0 saturated carbocycles. The third-order valence-electron chi connectivity index (χ3n) is 9.02. The topological polar surface area (TPSA) is 161 Å². The molecule has 1 fully saturated rings. The van der Waals surface area contributed by atoms with Gasteiger partial charge >= 0.3 is 19.8 Å². The van der Waals surface area contributed by atoms with E-state index in [2.05, 4.69) is 37.4 Å². The number of carbonyl (C=O) groups excluding carboxylic acids is 2. The maximum Gasteiger partial charge on any atom is 0.472 e. The Morgan fingerprint density at radius 1 is 0.745 bits per heavy atom. The van der Waals surface area contributed by atoms with Crippen molar-refractivity contribution in [1.82, 2.24) is 0 Å². The molecule has 0 bridgehead atoms. The molecule has 0 aromatic carbocycles. The van der Waals surface area contributed by atoms with Crippen molar-refractivity contribution in [3.05, 3.63) is 12.2 Å². The summed E-state index contributed by atoms with van der Waals surface area (Å²) in [6.45, 7) is 4.61. The lowest BCUT2D eigenvalue weighted by molar-refractivity contribution is -0.161. The number of hydrogen-bond donors (Lipinski definition) is 3. The monoisotopic (exact) mass is 748 g/mol. The van der Waals surface area contributed by atoms with Crippen molar-refractivity contribution < 1.29 is 52.5 Å². The number of rotatable bonds is 36. The Morgan fingerprint density at radius 3 is 1.96 bits per heavy atom. The molecule has 51 heavy (non-hydrogen) atoms. The number of epoxide rings is 1. The normalized spacial score (nSPS) is 18.2. The zero-order valence-electron chi connectivity index (χ0n) is 32.2. The number of aliphatic hydroxyl groups excluding tert-OH is 2. The number of phosphoric ester groups is 1. The molecule has 1 aliphatic rings. The second-order valence-electron chi connectivity index (χ2n) is 14.5. The highest BCUT2D eigenvalue weighted by Crippen LogP contribution is 2.43. The summed E-state index contributed by atoms with van der Waals surface area (Å²) >= 11 is 0. The third-order valence-corrected chi connectivity index (χ3v) is 9.97. The van der Waals surface area contributed by atoms with Crippen LogP contribution in [0, 0.1) is 5.92 Å². The highest BCUT2D eigenvalue weighted by atomic mass is 31.2. The molecule has 12 heteroatoms. The van der Waals surface area contributed by atoms with Crippen LogP contribution in [0.15, 0.2) is 12.2 Å². The van der Waals surface area contributed by atoms with E-state index in [-0.39, 0.29) is 19.4 Å². The van der Waals surface area contributed by atoms with Gasteiger partial charge in [0.25, 0.3) is 0 Å². The van der Waals surface area contributed by atoms with Crippen LogP contribution in [0.3, 0.4) is 0 Å². The molecule has 3 unspecified atom stereocenters. The predicted octanol–water partition coefficient (Wildman–Crippen LogP) is 8.90. The average molecular weight is 749 g/mol. The molecule has 5 atom stereocenters. The summed E-state index contributed by atoms with van der Waals surface area (Å²) in [6.07, 6.45) is 26.5. The van der Waals surface area contributed by atoms with Crippen LogP contribution < -0.4 is 0 Å². The van der Waals surface area contributed by atoms with E-state index in [9.17, 15) is 24.2 Å². The van der Waals surface area contributed by atoms with Gasteiger partial charge in [-0.15, -0.1) is 0 Å². The standard InChI is InChI=1S/C39H73O11P/c1-4-5-19-25-36-37(50-36)26-21-16-12-9-10-13-17-22-27-38(42)46-31-35(32-48-51(44,45)47-30-34(41)29-40)49-39(43)28-23-18-14-8-6-7-11-15-20-24-33(2)3/h16,21,33-37,40-41H,4-15,17-20,22-32H2,1-3H3,(H,44,45)/b21-16-/t34-,35+,36?,37?/m0/s1. The molecule has 0 aliphatic carbocycles. The van der Waals surface area contributed by atoms with Crippen LogP contribution in [0.1, 0.15) is 168 Å². The van der Waals surface area contributed by atoms with Crippen molar-refractivity contribution in [3.63, 3.8) is 0 Å². The number of aliphatic hydroxyl groups is 2. The van der Waals surface area contributed by atoms with Crippen molar-refractivity contribution in [2.24, 2.45) is 5.92 Å². The molecule has 1 saturated heterocycles. The van der Waals surface area contributed by atoms with Crippen molar-refractivity contribution in [3.8, 4) is 0 Å². The molecular formula is C39H73O11P. The predicted molar refractivity (Wildman–Crippen MR) is 200 cm³/mol. The van der Waals surface area contributed by atoms with Gasteiger partial charge in [-0.3, -0.25) is 18.6 Å². The first kappa shape index (κ1) is 47.7. The molecular weight excluding hydrogens is 675 g/mol. The van der Waals surface area contributed by atoms with Crippen molar-refractivity contribution in [1.29, 1.82) is 0 Å². The Bertz CT molecular complexity index is 944. The van der Waals surface area contributed by atoms with Crippen LogP contribution in [0.5, 0.6) is 0 Å². The van der Waals surface area contributed by atoms with Crippen LogP contribution in [-0.4, -0.2) is 77.9 Å². The number of esters is 2. The maximum atomic E-state index is 12.6. The molecule has 1 heterocycles. The fourth-order valence-electron chi connectivity index (χ4n) is 5.77. The lowest BCUT2D eigenvalue weighted by atomic mass is 10.0. The first-order chi connectivity index (χ1) is 24.6. The first-order valence-corrected chi connectivity index (χ1v) is 21.6. The summed E-state index contributed by atoms with van der Waals surface area (Å²) < 4.78 is 38.3. The van der Waals surface area contributed by atoms with E-state index in [1.54, 1.807) is 0 Å². The zero-order valence-corrected chi connectivity index (χ0v) is 33.1. The average Bonchev–Trinajstić information content (AvgIpc) is 3.85. The van der Waals surface area contributed by atoms with E-state index in [0.717, 1.165) is 63.7 Å². The molecule has 300 valence electrons. The number of allylic oxidation sites excluding steroid dienone is 1. The van der Waals surface area contributed by atoms with Gasteiger partial charge in [-0.1, -0.05) is 129 Å². The number of carbonyl (C=O) groups is 2. The van der Waals surface area contributed by atoms with E-state index >= 15 is 0 Å². The Hall–Kier alpha value is -1.33. The Kier molecular flexibility index (Phi) is 29.0. The smallest absolute Gasteiger partial charge is 0.462 e. The van der Waals surface area contributed by atoms with Crippen LogP contribution >= 0.6 is 7.82 Å². The van der Waals surface area contributed by atoms with E-state index in [4.69, 9.17) is 23.8 Å². The van der Waals surface area contributed by atoms with Crippen LogP contribution in [0.25, 0.3) is 0 Å². The van der Waals surface area contributed by atoms with Gasteiger partial charge in [-0.2, -0.15) is 0 Å². The van der Waals surface area contributed by atoms with Crippen LogP contribution in [0.4, 0.5) is 0 Å². The second kappa shape index (κ2) is 31.1. The third kappa shape index (κ3) is 29.8. The summed E-state index contributed by atoms with van der Waals surface area (Å²) in [5, 5.41) is 18.3. The molecule has 3 N–H and O–H groups in total. The summed E-state index contributed by atoms with van der Waals surface area (Å²) in [4.78, 5) is 34.9. The van der Waals surface area contributed by atoms with Crippen molar-refractivity contribution >= 4 is 19.8 Å². The van der Waals surface area contributed by atoms with Gasteiger partial charge in [0.05, 0.1) is 32.0 Å². The fraction of sp³-hybridized carbons (Fsp3) is 0.897. The number of hydrogen-bond acceptors (Lipinski definition) is 10. The number of unbranched alkanes of at least 4 members (excludes halogenated alkanes) is 15. The molecule has 0 spiro atoms. The highest BCUT2D eigenvalue weighted by molar-refractivity contribution is 7.47. The summed E-state index contributed by atoms with van der Waals surface area (Å²) in [6, 6.07) is 0. The lowest BCUT2D eigenvalue weighted by Gasteiger charge is -2.20. The van der Waals surface area contributed by atoms with Crippen molar-refractivity contribution in [2.75, 3.05) is 26.4 Å². The molecule has 0 radical (unpaired) electrons. The molecule has 1 aliphatic heterocycles. The van der Waals surface area contributed by atoms with E-state index in [0.29, 0.717) is 25.0 Å². The lowest BCUT2D eigenvalue weighted by Crippen LogP contribution is -2.29. The maximum absolute atomic E-state index is 12.6. The van der Waals surface area contributed by atoms with Gasteiger partial charge in [0, 0.05) is 12.8 Å². The minimum atomic E-state index is -4.61. The summed E-state index contributed by atoms with van der Waals surface area (Å²) in [5.74, 6) is -0.174. The minimum Gasteiger partial charge on any atom is -0.462 e. The van der Waals surface area contributed by atoms with Gasteiger partial charge in [0.1, 0.15) is 12.7 Å². The second-order valence-corrected chi connectivity index (χ2v) is 16.0. The van der Waals surface area contributed by atoms with Gasteiger partial charge < -0.3 is 29.3 Å². The summed E-state index contributed by atoms with van der Waals surface area (Å²) in [5.41, 5.74) is 0. The van der Waals surface area contributed by atoms with Crippen LogP contribution in [0.2, 0.25) is 0 Å². The van der Waals surface area contributed by atoms with Gasteiger partial charge in [0.2, 0.25) is 0 Å². The zero-order chi connectivity index (χ0) is 37.6. The van der Waals surface area contributed by atoms with E-state index in [1.165, 1.54) is 64.2 Å². The van der Waals surface area contributed by atoms with E-state index < -0.39 is 51.8 Å². The summed E-state index contributed by atoms with van der Waals surface area (Å²) in [7, 11) is -4.61. The number of phosphoric acid groups is 1. The van der Waals surface area contributed by atoms with Gasteiger partial charge in [-0.05, 0) is 44.4 Å².